The highest BCUT2D eigenvalue weighted by Gasteiger charge is 1.13. The molecule has 0 spiro atoms. The molecule has 0 bridgehead atoms. The smallest absolute Gasteiger partial charge is 0.373 e. The summed E-state index contributed by atoms with van der Waals surface area (Å²) in [6.07, 6.45) is 8.25. The van der Waals surface area contributed by atoms with Crippen molar-refractivity contribution in [1.29, 1.82) is 0 Å². The van der Waals surface area contributed by atoms with Crippen LogP contribution in [0.5, 0.6) is 0 Å². The molecule has 68 valence electrons. The highest BCUT2D eigenvalue weighted by atomic mass is 16.2. The number of hydrogen-bond acceptors (Lipinski definition) is 2. The van der Waals surface area contributed by atoms with Gasteiger partial charge in [0.25, 0.3) is 0 Å². The lowest BCUT2D eigenvalue weighted by Crippen LogP contribution is -1.22. The summed E-state index contributed by atoms with van der Waals surface area (Å²) < 4.78 is 0. The first kappa shape index (κ1) is 154. The maximum Gasteiger partial charge on any atom is 0.373 e. The molecule has 2 N–H and O–H groups in total. The Kier molecular flexibility index (Phi) is 579000. The van der Waals surface area contributed by atoms with E-state index in [-0.39, 0.29) is 42.8 Å². The summed E-state index contributed by atoms with van der Waals surface area (Å²) in [5, 5.41) is 0. The van der Waals surface area contributed by atoms with Crippen molar-refractivity contribution in [1.82, 2.24) is 0 Å². The maximum atomic E-state index is 8.12. The average molecular weight is 155 g/mol. The first-order valence-electron chi connectivity index (χ1n) is 0.742. The van der Waals surface area contributed by atoms with Gasteiger partial charge in [0, 0.05) is 1.43 Å². The van der Waals surface area contributed by atoms with Gasteiger partial charge in [-0.15, -0.1) is 12.8 Å². The number of carbonyl (C=O) groups excluding carboxylic acids is 2. The van der Waals surface area contributed by atoms with Gasteiger partial charge in [0.15, 0.2) is 0 Å². The molecule has 0 aromatic heterocycles. The Balaban J connectivity index is -0.00000000181. The van der Waals surface area contributed by atoms with Gasteiger partial charge in [0.05, 0.1) is 0 Å². The van der Waals surface area contributed by atoms with Crippen LogP contribution in [0.4, 0.5) is 0 Å². The lowest BCUT2D eigenvalue weighted by molar-refractivity contribution is -0.191. The minimum absolute atomic E-state index is 0. The van der Waals surface area contributed by atoms with E-state index in [4.69, 9.17) is 9.59 Å². The molecule has 0 aliphatic rings. The Morgan fingerprint density at radius 1 is 0.900 bits per heavy atom. The molecule has 0 amide bonds. The third-order valence-electron chi connectivity index (χ3n) is 0. The minimum Gasteiger partial charge on any atom is -0.412 e. The molecule has 0 unspecified atom stereocenters. The number of rotatable bonds is 0. The van der Waals surface area contributed by atoms with Gasteiger partial charge in [0.1, 0.15) is 0 Å². The van der Waals surface area contributed by atoms with Crippen molar-refractivity contribution in [3.63, 3.8) is 0 Å². The van der Waals surface area contributed by atoms with Crippen LogP contribution in [-0.2, 0) is 9.59 Å². The Morgan fingerprint density at radius 2 is 0.900 bits per heavy atom. The maximum absolute atomic E-state index is 8.12. The topological polar surface area (TPSA) is 65.6 Å². The van der Waals surface area contributed by atoms with Crippen molar-refractivity contribution in [3.05, 3.63) is 0 Å². The zero-order valence-electron chi connectivity index (χ0n) is 2.97. The van der Waals surface area contributed by atoms with Gasteiger partial charge >= 0.3 is 6.15 Å². The second-order valence-electron chi connectivity index (χ2n) is 0.0833. The molecule has 0 aromatic rings. The van der Waals surface area contributed by atoms with Crippen LogP contribution in [0, 0.1) is 12.8 Å². The largest absolute Gasteiger partial charge is 0.412 e. The van der Waals surface area contributed by atoms with Crippen LogP contribution in [0.15, 0.2) is 0 Å². The molecule has 0 fully saturated rings. The molecule has 3 heteroatoms. The summed E-state index contributed by atoms with van der Waals surface area (Å²) in [7, 11) is 0. The van der Waals surface area contributed by atoms with Gasteiger partial charge in [-0.3, -0.25) is 0 Å². The molecule has 10 heavy (non-hydrogen) atoms. The first-order valence-corrected chi connectivity index (χ1v) is 0.742. The molecule has 3 nitrogen and oxygen atoms in total. The van der Waals surface area contributed by atoms with Crippen LogP contribution in [0.25, 0.3) is 0 Å². The summed E-state index contributed by atoms with van der Waals surface area (Å²) >= 11 is 0. The van der Waals surface area contributed by atoms with E-state index in [1.807, 2.05) is 0 Å². The fourth-order valence-electron chi connectivity index (χ4n) is 0. The van der Waals surface area contributed by atoms with Gasteiger partial charge in [0.2, 0.25) is 0 Å². The van der Waals surface area contributed by atoms with E-state index in [1.54, 1.807) is 0 Å². The first-order chi connectivity index (χ1) is 2.41. The standard InChI is InChI=1S/C2H2.CO2.4CH4.H2O.H2/c1-2;2-1-3;;;;;;/h1-2H;;4*1H4;1H2;1H/i;;;;;;;1+1. The van der Waals surface area contributed by atoms with Crippen molar-refractivity contribution in [2.45, 2.75) is 29.7 Å². The molecular formula is C7H22O3. The molecule has 0 aliphatic heterocycles. The van der Waals surface area contributed by atoms with Crippen LogP contribution in [-0.4, -0.2) is 11.6 Å². The molecule has 0 atom stereocenters. The van der Waals surface area contributed by atoms with E-state index in [1.165, 1.54) is 0 Å². The molecule has 0 heterocycles. The molecule has 0 saturated carbocycles. The third kappa shape index (κ3) is 199. The Bertz CT molecular complexity index is 56.0. The van der Waals surface area contributed by atoms with Crippen LogP contribution in [0.1, 0.15) is 31.1 Å². The number of hydrogen-bond donors (Lipinski definition) is 0. The third-order valence-corrected chi connectivity index (χ3v) is 0. The van der Waals surface area contributed by atoms with E-state index in [0.717, 1.165) is 0 Å². The van der Waals surface area contributed by atoms with Crippen LogP contribution in [0.3, 0.4) is 0 Å². The predicted octanol–water partition coefficient (Wildman–Crippen LogP) is 1.63. The second kappa shape index (κ2) is 37600. The van der Waals surface area contributed by atoms with E-state index >= 15 is 0 Å². The fourth-order valence-corrected chi connectivity index (χ4v) is 0. The van der Waals surface area contributed by atoms with Crippen molar-refractivity contribution in [2.24, 2.45) is 0 Å². The highest BCUT2D eigenvalue weighted by Crippen LogP contribution is 0.787. The van der Waals surface area contributed by atoms with E-state index in [2.05, 4.69) is 12.8 Å². The lowest BCUT2D eigenvalue weighted by atomic mass is 11.4. The van der Waals surface area contributed by atoms with Gasteiger partial charge in [-0.05, 0) is 0 Å². The van der Waals surface area contributed by atoms with Crippen LogP contribution < -0.4 is 0 Å². The summed E-state index contributed by atoms with van der Waals surface area (Å²) in [6, 6.07) is 0. The molecule has 0 saturated heterocycles. The molecular weight excluding hydrogens is 132 g/mol. The van der Waals surface area contributed by atoms with E-state index in [0.29, 0.717) is 0 Å². The average Bonchev–Trinajstić information content (AvgIpc) is 1.46. The molecule has 0 radical (unpaired) electrons. The van der Waals surface area contributed by atoms with E-state index in [9.17, 15) is 0 Å². The summed E-state index contributed by atoms with van der Waals surface area (Å²) in [5.74, 6) is 0. The van der Waals surface area contributed by atoms with E-state index < -0.39 is 0 Å². The molecule has 0 aliphatic carbocycles. The van der Waals surface area contributed by atoms with Crippen molar-refractivity contribution in [3.8, 4) is 12.8 Å². The van der Waals surface area contributed by atoms with Gasteiger partial charge < -0.3 is 5.48 Å². The highest BCUT2D eigenvalue weighted by molar-refractivity contribution is 5.20. The molecule has 0 aromatic carbocycles. The quantitative estimate of drug-likeness (QED) is 0.499. The summed E-state index contributed by atoms with van der Waals surface area (Å²) in [5.41, 5.74) is 0. The lowest BCUT2D eigenvalue weighted by Gasteiger charge is -0.945. The summed E-state index contributed by atoms with van der Waals surface area (Å²) in [6.45, 7) is 0. The second-order valence-corrected chi connectivity index (χ2v) is 0.0833. The van der Waals surface area contributed by atoms with Gasteiger partial charge in [-0.1, -0.05) is 29.7 Å². The van der Waals surface area contributed by atoms with Gasteiger partial charge in [-0.2, -0.15) is 9.59 Å². The minimum atomic E-state index is 0. The van der Waals surface area contributed by atoms with Crippen molar-refractivity contribution >= 4 is 6.15 Å². The van der Waals surface area contributed by atoms with Crippen molar-refractivity contribution in [2.75, 3.05) is 0 Å². The van der Waals surface area contributed by atoms with Crippen molar-refractivity contribution < 1.29 is 16.5 Å². The molecule has 0 rings (SSSR count). The zero-order chi connectivity index (χ0) is 4.71. The fraction of sp³-hybridized carbons (Fsp3) is 0.571. The van der Waals surface area contributed by atoms with Crippen LogP contribution >= 0.6 is 0 Å². The Hall–Kier alpha value is -1.10. The normalized spacial score (nSPS) is 1.00. The SMILES string of the molecule is C.C.C.C.C#C.O.O=C=O.[2HH]. The predicted molar refractivity (Wildman–Crippen MR) is 47.5 cm³/mol. The monoisotopic (exact) mass is 155 g/mol. The Labute approximate surface area is 66.2 Å². The summed E-state index contributed by atoms with van der Waals surface area (Å²) in [4.78, 5) is 16.2. The zero-order valence-corrected chi connectivity index (χ0v) is 2.97. The van der Waals surface area contributed by atoms with Crippen LogP contribution in [0.2, 0.25) is 0 Å². The van der Waals surface area contributed by atoms with Gasteiger partial charge in [-0.25, -0.2) is 0 Å². The Morgan fingerprint density at radius 3 is 0.900 bits per heavy atom. The number of terminal acetylenes is 1.